The molecule has 0 aromatic heterocycles. The molecule has 1 aliphatic rings. The second-order valence-corrected chi connectivity index (χ2v) is 10.4. The summed E-state index contributed by atoms with van der Waals surface area (Å²) in [7, 11) is 0. The zero-order valence-corrected chi connectivity index (χ0v) is 21.3. The minimum absolute atomic E-state index is 0.152. The Morgan fingerprint density at radius 2 is 1.77 bits per heavy atom. The number of nitrogen functional groups attached to an aromatic ring is 1. The van der Waals surface area contributed by atoms with E-state index < -0.39 is 23.2 Å². The van der Waals surface area contributed by atoms with Gasteiger partial charge in [0.15, 0.2) is 0 Å². The van der Waals surface area contributed by atoms with Gasteiger partial charge in [0.1, 0.15) is 11.6 Å². The van der Waals surface area contributed by atoms with Crippen LogP contribution in [-0.2, 0) is 15.1 Å². The molecule has 1 fully saturated rings. The first-order valence-electron chi connectivity index (χ1n) is 11.6. The van der Waals surface area contributed by atoms with Gasteiger partial charge in [-0.05, 0) is 41.8 Å². The van der Waals surface area contributed by atoms with Gasteiger partial charge in [-0.1, -0.05) is 57.5 Å². The minimum Gasteiger partial charge on any atom is -0.437 e. The molecule has 2 aromatic carbocycles. The van der Waals surface area contributed by atoms with E-state index in [1.807, 2.05) is 39.8 Å². The number of primary amides is 1. The van der Waals surface area contributed by atoms with E-state index in [9.17, 15) is 14.4 Å². The molecule has 0 radical (unpaired) electrons. The molecule has 0 spiro atoms. The quantitative estimate of drug-likeness (QED) is 0.518. The number of rotatable bonds is 6. The van der Waals surface area contributed by atoms with Crippen molar-refractivity contribution in [2.24, 2.45) is 17.1 Å². The summed E-state index contributed by atoms with van der Waals surface area (Å²) < 4.78 is 5.77. The first-order chi connectivity index (χ1) is 16.4. The first kappa shape index (κ1) is 26.3. The highest BCUT2D eigenvalue weighted by Gasteiger charge is 2.54. The molecule has 0 aliphatic carbocycles. The number of carbonyl (C=O) groups is 3. The number of likely N-dealkylation sites (tertiary alicyclic amines) is 1. The van der Waals surface area contributed by atoms with Crippen molar-refractivity contribution >= 4 is 35.2 Å². The van der Waals surface area contributed by atoms with Crippen LogP contribution in [0.25, 0.3) is 0 Å². The van der Waals surface area contributed by atoms with Crippen LogP contribution < -0.4 is 16.8 Å². The van der Waals surface area contributed by atoms with Crippen molar-refractivity contribution in [3.63, 3.8) is 0 Å². The van der Waals surface area contributed by atoms with Gasteiger partial charge >= 0.3 is 6.09 Å². The lowest BCUT2D eigenvalue weighted by atomic mass is 9.66. The number of nitrogens with one attached hydrogen (secondary N) is 1. The summed E-state index contributed by atoms with van der Waals surface area (Å²) in [5, 5.41) is 3.43. The lowest BCUT2D eigenvalue weighted by Crippen LogP contribution is -2.61. The average molecular weight is 501 g/mol. The van der Waals surface area contributed by atoms with Gasteiger partial charge < -0.3 is 26.4 Å². The van der Waals surface area contributed by atoms with Crippen molar-refractivity contribution in [2.75, 3.05) is 18.8 Å². The van der Waals surface area contributed by atoms with Crippen molar-refractivity contribution in [3.8, 4) is 0 Å². The highest BCUT2D eigenvalue weighted by Crippen LogP contribution is 2.49. The van der Waals surface area contributed by atoms with Crippen LogP contribution in [0.3, 0.4) is 0 Å². The van der Waals surface area contributed by atoms with Crippen LogP contribution >= 0.6 is 11.6 Å². The van der Waals surface area contributed by atoms with Gasteiger partial charge in [-0.2, -0.15) is 0 Å². The highest BCUT2D eigenvalue weighted by atomic mass is 35.5. The van der Waals surface area contributed by atoms with Crippen molar-refractivity contribution in [3.05, 3.63) is 64.7 Å². The minimum atomic E-state index is -1.04. The van der Waals surface area contributed by atoms with Crippen LogP contribution in [0.2, 0.25) is 5.02 Å². The third-order valence-corrected chi connectivity index (χ3v) is 6.93. The third-order valence-electron chi connectivity index (χ3n) is 6.68. The monoisotopic (exact) mass is 500 g/mol. The smallest absolute Gasteiger partial charge is 0.405 e. The van der Waals surface area contributed by atoms with E-state index in [-0.39, 0.29) is 17.7 Å². The lowest BCUT2D eigenvalue weighted by molar-refractivity contribution is -0.155. The number of carbonyl (C=O) groups excluding carboxylic acids is 3. The fraction of sp³-hybridized carbons (Fsp3) is 0.423. The molecule has 35 heavy (non-hydrogen) atoms. The molecule has 0 unspecified atom stereocenters. The van der Waals surface area contributed by atoms with E-state index in [1.165, 1.54) is 0 Å². The molecule has 1 saturated heterocycles. The van der Waals surface area contributed by atoms with Crippen molar-refractivity contribution in [1.29, 1.82) is 0 Å². The van der Waals surface area contributed by atoms with Crippen LogP contribution in [0.15, 0.2) is 48.5 Å². The topological polar surface area (TPSA) is 128 Å². The van der Waals surface area contributed by atoms with Crippen molar-refractivity contribution in [1.82, 2.24) is 10.2 Å². The van der Waals surface area contributed by atoms with E-state index in [4.69, 9.17) is 27.8 Å². The molecule has 2 aromatic rings. The Bertz CT molecular complexity index is 1100. The highest BCUT2D eigenvalue weighted by molar-refractivity contribution is 6.30. The first-order valence-corrected chi connectivity index (χ1v) is 11.9. The standard InChI is InChI=1S/C26H33ClN4O4/c1-16(2)21(30-22(32)17-6-5-7-20(28)14-17)23(33)31-13-12-26(35-24(29)34,25(3,4)15-31)18-8-10-19(27)11-9-18/h5-11,14,16,21H,12-13,15,28H2,1-4H3,(H2,29,34)(H,30,32)/t21-,26+/m1/s1. The third kappa shape index (κ3) is 5.53. The van der Waals surface area contributed by atoms with Gasteiger partial charge in [-0.3, -0.25) is 9.59 Å². The summed E-state index contributed by atoms with van der Waals surface area (Å²) in [6, 6.07) is 13.0. The maximum Gasteiger partial charge on any atom is 0.405 e. The number of halogens is 1. The molecule has 2 atom stereocenters. The van der Waals surface area contributed by atoms with E-state index >= 15 is 0 Å². The Kier molecular flexibility index (Phi) is 7.65. The second kappa shape index (κ2) is 10.2. The predicted octanol–water partition coefficient (Wildman–Crippen LogP) is 3.93. The van der Waals surface area contributed by atoms with Gasteiger partial charge in [-0.15, -0.1) is 0 Å². The van der Waals surface area contributed by atoms with Gasteiger partial charge in [0, 0.05) is 41.2 Å². The van der Waals surface area contributed by atoms with Gasteiger partial charge in [0.25, 0.3) is 5.91 Å². The molecule has 1 heterocycles. The van der Waals surface area contributed by atoms with E-state index in [1.54, 1.807) is 41.3 Å². The van der Waals surface area contributed by atoms with Crippen LogP contribution in [0.5, 0.6) is 0 Å². The zero-order chi connectivity index (χ0) is 26.0. The Morgan fingerprint density at radius 3 is 2.31 bits per heavy atom. The largest absolute Gasteiger partial charge is 0.437 e. The Balaban J connectivity index is 1.85. The van der Waals surface area contributed by atoms with Crippen molar-refractivity contribution < 1.29 is 19.1 Å². The Labute approximate surface area is 210 Å². The Hall–Kier alpha value is -3.26. The van der Waals surface area contributed by atoms with Crippen LogP contribution in [0, 0.1) is 11.3 Å². The molecule has 1 aliphatic heterocycles. The number of anilines is 1. The molecule has 5 N–H and O–H groups in total. The summed E-state index contributed by atoms with van der Waals surface area (Å²) in [4.78, 5) is 40.1. The number of nitrogens with zero attached hydrogens (tertiary/aromatic N) is 1. The lowest BCUT2D eigenvalue weighted by Gasteiger charge is -2.52. The number of piperidine rings is 1. The average Bonchev–Trinajstić information content (AvgIpc) is 2.78. The summed E-state index contributed by atoms with van der Waals surface area (Å²) in [5.74, 6) is -0.720. The van der Waals surface area contributed by atoms with E-state index in [2.05, 4.69) is 5.32 Å². The summed E-state index contributed by atoms with van der Waals surface area (Å²) in [5.41, 5.74) is 11.2. The van der Waals surface area contributed by atoms with Crippen LogP contribution in [-0.4, -0.2) is 41.9 Å². The fourth-order valence-corrected chi connectivity index (χ4v) is 4.92. The molecule has 0 saturated carbocycles. The fourth-order valence-electron chi connectivity index (χ4n) is 4.79. The molecule has 8 nitrogen and oxygen atoms in total. The SMILES string of the molecule is CC(C)[C@@H](NC(=O)c1cccc(N)c1)C(=O)N1CC[C@](OC(N)=O)(c2ccc(Cl)cc2)C(C)(C)C1. The molecule has 3 rings (SSSR count). The Morgan fingerprint density at radius 1 is 1.11 bits per heavy atom. The molecule has 0 bridgehead atoms. The number of amides is 3. The van der Waals surface area contributed by atoms with Crippen molar-refractivity contribution in [2.45, 2.75) is 45.8 Å². The van der Waals surface area contributed by atoms with Gasteiger partial charge in [-0.25, -0.2) is 4.79 Å². The number of hydrogen-bond donors (Lipinski definition) is 3. The predicted molar refractivity (Wildman–Crippen MR) is 136 cm³/mol. The molecular formula is C26H33ClN4O4. The van der Waals surface area contributed by atoms with Crippen LogP contribution in [0.1, 0.15) is 50.0 Å². The number of ether oxygens (including phenoxy) is 1. The number of nitrogens with two attached hydrogens (primary N) is 2. The van der Waals surface area contributed by atoms with E-state index in [0.29, 0.717) is 35.8 Å². The number of hydrogen-bond acceptors (Lipinski definition) is 5. The maximum atomic E-state index is 13.6. The zero-order valence-electron chi connectivity index (χ0n) is 20.5. The molecular weight excluding hydrogens is 468 g/mol. The van der Waals surface area contributed by atoms with Gasteiger partial charge in [0.05, 0.1) is 0 Å². The normalized spacial score (nSPS) is 20.2. The molecule has 3 amide bonds. The summed E-state index contributed by atoms with van der Waals surface area (Å²) in [6.07, 6.45) is -0.549. The van der Waals surface area contributed by atoms with E-state index in [0.717, 1.165) is 5.56 Å². The van der Waals surface area contributed by atoms with Crippen LogP contribution in [0.4, 0.5) is 10.5 Å². The number of benzene rings is 2. The summed E-state index contributed by atoms with van der Waals surface area (Å²) in [6.45, 7) is 8.23. The molecule has 188 valence electrons. The van der Waals surface area contributed by atoms with Gasteiger partial charge in [0.2, 0.25) is 5.91 Å². The summed E-state index contributed by atoms with van der Waals surface area (Å²) >= 11 is 6.07. The molecule has 9 heteroatoms. The maximum absolute atomic E-state index is 13.6. The second-order valence-electron chi connectivity index (χ2n) is 9.97.